The number of amides is 2. The molecule has 0 fully saturated rings. The number of carbonyl (C=O) groups is 3. The van der Waals surface area contributed by atoms with Crippen molar-refractivity contribution in [2.75, 3.05) is 26.2 Å². The van der Waals surface area contributed by atoms with Crippen molar-refractivity contribution in [2.24, 2.45) is 17.2 Å². The standard InChI is InChI=1S/C25H36N6O4/c1-17(30-25(35)21(28)15-22(32)31(13-11-26)14-12-27)24(34)29-16-18-7-9-20(10-8-18)23(33)19-5-3-2-4-6-19/h2-10,17,21,24,29,34H,11-16,26-28H2,1H3,(H,30,35). The van der Waals surface area contributed by atoms with Crippen LogP contribution in [0.4, 0.5) is 0 Å². The molecule has 3 atom stereocenters. The normalized spacial score (nSPS) is 13.5. The molecule has 10 heteroatoms. The van der Waals surface area contributed by atoms with Crippen molar-refractivity contribution in [3.05, 3.63) is 71.3 Å². The van der Waals surface area contributed by atoms with Crippen LogP contribution in [0.3, 0.4) is 0 Å². The monoisotopic (exact) mass is 484 g/mol. The molecule has 0 radical (unpaired) electrons. The SMILES string of the molecule is CC(NC(=O)C(N)CC(=O)N(CCN)CCN)C(O)NCc1ccc(C(=O)c2ccccc2)cc1. The van der Waals surface area contributed by atoms with Crippen LogP contribution in [0, 0.1) is 0 Å². The lowest BCUT2D eigenvalue weighted by Gasteiger charge is -2.25. The summed E-state index contributed by atoms with van der Waals surface area (Å²) >= 11 is 0. The summed E-state index contributed by atoms with van der Waals surface area (Å²) in [7, 11) is 0. The lowest BCUT2D eigenvalue weighted by molar-refractivity contribution is -0.134. The summed E-state index contributed by atoms with van der Waals surface area (Å²) in [6, 6.07) is 14.4. The summed E-state index contributed by atoms with van der Waals surface area (Å²) < 4.78 is 0. The van der Waals surface area contributed by atoms with Crippen LogP contribution in [-0.4, -0.2) is 72.1 Å². The van der Waals surface area contributed by atoms with Crippen LogP contribution in [0.5, 0.6) is 0 Å². The van der Waals surface area contributed by atoms with E-state index in [0.717, 1.165) is 5.56 Å². The predicted octanol–water partition coefficient (Wildman–Crippen LogP) is -0.706. The van der Waals surface area contributed by atoms with Gasteiger partial charge in [-0.2, -0.15) is 0 Å². The van der Waals surface area contributed by atoms with Crippen molar-refractivity contribution in [3.8, 4) is 0 Å². The zero-order chi connectivity index (χ0) is 25.8. The minimum atomic E-state index is -1.06. The number of aliphatic hydroxyl groups excluding tert-OH is 1. The second kappa shape index (κ2) is 14.3. The average Bonchev–Trinajstić information content (AvgIpc) is 2.87. The molecule has 0 aliphatic carbocycles. The first-order valence-corrected chi connectivity index (χ1v) is 11.6. The first-order valence-electron chi connectivity index (χ1n) is 11.6. The van der Waals surface area contributed by atoms with Crippen molar-refractivity contribution < 1.29 is 19.5 Å². The number of carbonyl (C=O) groups excluding carboxylic acids is 3. The van der Waals surface area contributed by atoms with E-state index in [-0.39, 0.29) is 31.2 Å². The molecule has 2 aromatic rings. The van der Waals surface area contributed by atoms with Gasteiger partial charge in [-0.25, -0.2) is 0 Å². The summed E-state index contributed by atoms with van der Waals surface area (Å²) in [6.07, 6.45) is -1.24. The number of aliphatic hydroxyl groups is 1. The van der Waals surface area contributed by atoms with Gasteiger partial charge in [0.15, 0.2) is 5.78 Å². The molecule has 10 nitrogen and oxygen atoms in total. The lowest BCUT2D eigenvalue weighted by atomic mass is 10.0. The molecule has 190 valence electrons. The van der Waals surface area contributed by atoms with Crippen molar-refractivity contribution >= 4 is 17.6 Å². The van der Waals surface area contributed by atoms with E-state index in [1.54, 1.807) is 43.3 Å². The summed E-state index contributed by atoms with van der Waals surface area (Å²) in [5.41, 5.74) is 18.9. The fourth-order valence-electron chi connectivity index (χ4n) is 3.42. The molecule has 9 N–H and O–H groups in total. The van der Waals surface area contributed by atoms with E-state index in [1.807, 2.05) is 18.2 Å². The molecule has 0 aromatic heterocycles. The number of nitrogens with one attached hydrogen (secondary N) is 2. The first kappa shape index (κ1) is 28.1. The fraction of sp³-hybridized carbons (Fsp3) is 0.400. The van der Waals surface area contributed by atoms with Gasteiger partial charge in [0.05, 0.1) is 18.5 Å². The Morgan fingerprint density at radius 2 is 1.51 bits per heavy atom. The van der Waals surface area contributed by atoms with E-state index in [1.165, 1.54) is 4.90 Å². The summed E-state index contributed by atoms with van der Waals surface area (Å²) in [5.74, 6) is -0.912. The Bertz CT molecular complexity index is 948. The van der Waals surface area contributed by atoms with Crippen molar-refractivity contribution in [2.45, 2.75) is 38.2 Å². The van der Waals surface area contributed by atoms with Gasteiger partial charge in [-0.1, -0.05) is 54.6 Å². The Morgan fingerprint density at radius 1 is 0.943 bits per heavy atom. The third-order valence-electron chi connectivity index (χ3n) is 5.49. The number of rotatable bonds is 14. The van der Waals surface area contributed by atoms with Crippen LogP contribution in [0.2, 0.25) is 0 Å². The zero-order valence-electron chi connectivity index (χ0n) is 20.0. The number of nitrogens with zero attached hydrogens (tertiary/aromatic N) is 1. The lowest BCUT2D eigenvalue weighted by Crippen LogP contribution is -2.53. The topological polar surface area (TPSA) is 177 Å². The number of hydrogen-bond acceptors (Lipinski definition) is 8. The molecule has 2 amide bonds. The highest BCUT2D eigenvalue weighted by Crippen LogP contribution is 2.11. The van der Waals surface area contributed by atoms with Crippen LogP contribution in [-0.2, 0) is 16.1 Å². The molecular weight excluding hydrogens is 448 g/mol. The maximum atomic E-state index is 12.5. The molecule has 3 unspecified atom stereocenters. The Labute approximate surface area is 205 Å². The van der Waals surface area contributed by atoms with Gasteiger partial charge in [-0.15, -0.1) is 0 Å². The van der Waals surface area contributed by atoms with E-state index in [9.17, 15) is 19.5 Å². The van der Waals surface area contributed by atoms with Crippen molar-refractivity contribution in [1.82, 2.24) is 15.5 Å². The van der Waals surface area contributed by atoms with E-state index in [4.69, 9.17) is 17.2 Å². The Kier molecular flexibility index (Phi) is 11.5. The summed E-state index contributed by atoms with van der Waals surface area (Å²) in [5, 5.41) is 15.9. The molecule has 0 aliphatic heterocycles. The van der Waals surface area contributed by atoms with E-state index in [2.05, 4.69) is 10.6 Å². The largest absolute Gasteiger partial charge is 0.376 e. The van der Waals surface area contributed by atoms with Gasteiger partial charge in [-0.3, -0.25) is 19.7 Å². The van der Waals surface area contributed by atoms with Gasteiger partial charge < -0.3 is 32.5 Å². The smallest absolute Gasteiger partial charge is 0.237 e. The molecule has 2 aromatic carbocycles. The van der Waals surface area contributed by atoms with E-state index >= 15 is 0 Å². The molecule has 0 aliphatic rings. The van der Waals surface area contributed by atoms with Crippen LogP contribution in [0.25, 0.3) is 0 Å². The average molecular weight is 485 g/mol. The second-order valence-electron chi connectivity index (χ2n) is 8.28. The van der Waals surface area contributed by atoms with Crippen molar-refractivity contribution in [3.63, 3.8) is 0 Å². The van der Waals surface area contributed by atoms with Gasteiger partial charge >= 0.3 is 0 Å². The third kappa shape index (κ3) is 8.85. The van der Waals surface area contributed by atoms with Crippen LogP contribution in [0.1, 0.15) is 34.8 Å². The Balaban J connectivity index is 1.81. The minimum absolute atomic E-state index is 0.0644. The maximum Gasteiger partial charge on any atom is 0.237 e. The zero-order valence-corrected chi connectivity index (χ0v) is 20.0. The van der Waals surface area contributed by atoms with Crippen LogP contribution in [0.15, 0.2) is 54.6 Å². The molecule has 0 saturated carbocycles. The quantitative estimate of drug-likeness (QED) is 0.150. The van der Waals surface area contributed by atoms with Crippen LogP contribution >= 0.6 is 0 Å². The van der Waals surface area contributed by atoms with E-state index < -0.39 is 24.2 Å². The maximum absolute atomic E-state index is 12.5. The number of benzene rings is 2. The molecular formula is C25H36N6O4. The third-order valence-corrected chi connectivity index (χ3v) is 5.49. The number of ketones is 1. The van der Waals surface area contributed by atoms with Gasteiger partial charge in [0.2, 0.25) is 11.8 Å². The molecule has 2 rings (SSSR count). The molecule has 35 heavy (non-hydrogen) atoms. The Hall–Kier alpha value is -3.15. The Morgan fingerprint density at radius 3 is 2.09 bits per heavy atom. The van der Waals surface area contributed by atoms with Crippen LogP contribution < -0.4 is 27.8 Å². The highest BCUT2D eigenvalue weighted by molar-refractivity contribution is 6.08. The molecule has 0 bridgehead atoms. The van der Waals surface area contributed by atoms with Gasteiger partial charge in [0.25, 0.3) is 0 Å². The fourth-order valence-corrected chi connectivity index (χ4v) is 3.42. The summed E-state index contributed by atoms with van der Waals surface area (Å²) in [4.78, 5) is 38.7. The van der Waals surface area contributed by atoms with Gasteiger partial charge in [-0.05, 0) is 12.5 Å². The first-order chi connectivity index (χ1) is 16.8. The predicted molar refractivity (Wildman–Crippen MR) is 134 cm³/mol. The van der Waals surface area contributed by atoms with Gasteiger partial charge in [0, 0.05) is 43.9 Å². The highest BCUT2D eigenvalue weighted by atomic mass is 16.3. The number of nitrogens with two attached hydrogens (primary N) is 3. The van der Waals surface area contributed by atoms with Gasteiger partial charge in [0.1, 0.15) is 6.23 Å². The highest BCUT2D eigenvalue weighted by Gasteiger charge is 2.24. The molecule has 0 heterocycles. The molecule has 0 spiro atoms. The van der Waals surface area contributed by atoms with Crippen molar-refractivity contribution in [1.29, 1.82) is 0 Å². The minimum Gasteiger partial charge on any atom is -0.376 e. The second-order valence-corrected chi connectivity index (χ2v) is 8.28. The molecule has 0 saturated heterocycles. The summed E-state index contributed by atoms with van der Waals surface area (Å²) in [6.45, 7) is 3.19. The van der Waals surface area contributed by atoms with E-state index in [0.29, 0.717) is 30.8 Å². The number of hydrogen-bond donors (Lipinski definition) is 6.